The Labute approximate surface area is 268 Å². The number of carbonyl (C=O) groups excluding carboxylic acids is 1. The average molecular weight is 644 g/mol. The molecule has 2 aliphatic heterocycles. The second kappa shape index (κ2) is 15.3. The number of hydrogen-bond acceptors (Lipinski definition) is 7. The number of nitrogens with one attached hydrogen (secondary N) is 3. The monoisotopic (exact) mass is 643 g/mol. The van der Waals surface area contributed by atoms with Crippen LogP contribution in [0.3, 0.4) is 0 Å². The van der Waals surface area contributed by atoms with Gasteiger partial charge in [-0.05, 0) is 99.2 Å². The molecule has 1 saturated heterocycles. The highest BCUT2D eigenvalue weighted by Crippen LogP contribution is 2.45. The van der Waals surface area contributed by atoms with E-state index < -0.39 is 11.7 Å². The molecule has 3 atom stereocenters. The lowest BCUT2D eigenvalue weighted by molar-refractivity contribution is -0.0358. The van der Waals surface area contributed by atoms with E-state index in [-0.39, 0.29) is 47.6 Å². The van der Waals surface area contributed by atoms with E-state index in [9.17, 15) is 18.7 Å². The fourth-order valence-electron chi connectivity index (χ4n) is 6.19. The number of hydrogen-bond donors (Lipinski definition) is 4. The van der Waals surface area contributed by atoms with Crippen LogP contribution >= 0.6 is 9.24 Å². The molecule has 0 radical (unpaired) electrons. The van der Waals surface area contributed by atoms with E-state index in [2.05, 4.69) is 11.4 Å². The fraction of sp³-hybridized carbons (Fsp3) is 0.588. The highest BCUT2D eigenvalue weighted by atomic mass is 31.0. The summed E-state index contributed by atoms with van der Waals surface area (Å²) in [4.78, 5) is 20.2. The highest BCUT2D eigenvalue weighted by Gasteiger charge is 2.40. The second-order valence-corrected chi connectivity index (χ2v) is 13.0. The summed E-state index contributed by atoms with van der Waals surface area (Å²) in [6.07, 6.45) is 6.73. The van der Waals surface area contributed by atoms with Crippen molar-refractivity contribution in [3.05, 3.63) is 57.8 Å². The van der Waals surface area contributed by atoms with Crippen molar-refractivity contribution in [2.24, 2.45) is 11.8 Å². The summed E-state index contributed by atoms with van der Waals surface area (Å²) >= 11 is 0. The number of amides is 1. The summed E-state index contributed by atoms with van der Waals surface area (Å²) in [5.74, 6) is 0.965. The number of pyridine rings is 1. The molecule has 45 heavy (non-hydrogen) atoms. The van der Waals surface area contributed by atoms with Gasteiger partial charge in [0.25, 0.3) is 11.6 Å². The van der Waals surface area contributed by atoms with Crippen molar-refractivity contribution < 1.29 is 23.4 Å². The molecule has 2 aromatic rings. The largest absolute Gasteiger partial charge is 0.394 e. The van der Waals surface area contributed by atoms with Crippen LogP contribution in [0.4, 0.5) is 14.6 Å². The number of benzene rings is 1. The number of ether oxygens (including phenoxy) is 1. The zero-order valence-corrected chi connectivity index (χ0v) is 28.0. The number of anilines is 1. The molecule has 3 fully saturated rings. The lowest BCUT2D eigenvalue weighted by Crippen LogP contribution is -2.36. The first-order valence-electron chi connectivity index (χ1n) is 16.2. The molecular weight excluding hydrogens is 595 g/mol. The summed E-state index contributed by atoms with van der Waals surface area (Å²) in [5.41, 5.74) is -0.119. The van der Waals surface area contributed by atoms with E-state index in [0.29, 0.717) is 48.7 Å². The molecule has 4 N–H and O–H groups in total. The quantitative estimate of drug-likeness (QED) is 0.156. The van der Waals surface area contributed by atoms with Gasteiger partial charge in [-0.1, -0.05) is 29.5 Å². The lowest BCUT2D eigenvalue weighted by Gasteiger charge is -2.34. The van der Waals surface area contributed by atoms with E-state index in [0.717, 1.165) is 36.9 Å². The number of carbonyl (C=O) groups is 1. The molecule has 2 saturated carbocycles. The molecule has 2 aliphatic carbocycles. The molecule has 0 bridgehead atoms. The van der Waals surface area contributed by atoms with Crippen LogP contribution in [0.25, 0.3) is 0 Å². The van der Waals surface area contributed by atoms with Crippen LogP contribution in [0.15, 0.2) is 24.3 Å². The number of halogens is 2. The summed E-state index contributed by atoms with van der Waals surface area (Å²) in [6, 6.07) is 6.46. The number of nitrogens with zero attached hydrogens (tertiary/aromatic N) is 2. The second-order valence-electron chi connectivity index (χ2n) is 12.3. The molecule has 8 nitrogen and oxygen atoms in total. The predicted molar refractivity (Wildman–Crippen MR) is 178 cm³/mol. The van der Waals surface area contributed by atoms with Gasteiger partial charge in [-0.3, -0.25) is 9.69 Å². The number of aromatic nitrogens is 1. The first-order valence-corrected chi connectivity index (χ1v) is 16.7. The standard InChI is InChI=1S/C30H37F2N4O3P.C2H5N.C2H6/c1-16(33)28(21-14-39-15-21)20-9-25(18-5-6-18)35-27(10-20)36-12-23-22(29(36)38)7-19(8-24(23)30(31,32)40)26(13-37)34-11-17-3-2-4-17;1-2-3;1-2/h7-10,17-18,21,26,28,33-34,37H,2-6,11-15,40H2,1H3;2-3H,1H3;1-2H3. The van der Waals surface area contributed by atoms with Crippen LogP contribution in [0.2, 0.25) is 0 Å². The maximum absolute atomic E-state index is 15.0. The summed E-state index contributed by atoms with van der Waals surface area (Å²) in [7, 11) is 1.61. The maximum atomic E-state index is 15.0. The van der Waals surface area contributed by atoms with Gasteiger partial charge < -0.3 is 26.0 Å². The van der Waals surface area contributed by atoms with E-state index in [1.165, 1.54) is 23.6 Å². The third kappa shape index (κ3) is 8.02. The number of aliphatic hydroxyl groups is 1. The van der Waals surface area contributed by atoms with E-state index in [1.807, 2.05) is 19.9 Å². The van der Waals surface area contributed by atoms with Crippen LogP contribution in [0.1, 0.15) is 116 Å². The topological polar surface area (TPSA) is 122 Å². The Hall–Kier alpha value is -2.65. The number of alkyl halides is 2. The Bertz CT molecular complexity index is 1370. The molecule has 1 amide bonds. The van der Waals surface area contributed by atoms with Crippen molar-refractivity contribution in [3.63, 3.8) is 0 Å². The SMILES string of the molecule is CC.CC(=N)C(c1cc(C2CC2)nc(N2Cc3c(cc(C(CO)NCC4CCC4)cc3C(F)(F)P)C2=O)c1)C1COC1.CC=N. The van der Waals surface area contributed by atoms with Crippen LogP contribution < -0.4 is 10.2 Å². The van der Waals surface area contributed by atoms with Crippen molar-refractivity contribution in [3.8, 4) is 0 Å². The Morgan fingerprint density at radius 2 is 1.87 bits per heavy atom. The van der Waals surface area contributed by atoms with Gasteiger partial charge in [-0.2, -0.15) is 8.78 Å². The molecule has 11 heteroatoms. The zero-order valence-electron chi connectivity index (χ0n) is 26.8. The minimum Gasteiger partial charge on any atom is -0.394 e. The van der Waals surface area contributed by atoms with Gasteiger partial charge in [-0.15, -0.1) is 0 Å². The molecule has 0 spiro atoms. The van der Waals surface area contributed by atoms with Crippen molar-refractivity contribution >= 4 is 32.9 Å². The summed E-state index contributed by atoms with van der Waals surface area (Å²) < 4.78 is 35.3. The van der Waals surface area contributed by atoms with Crippen molar-refractivity contribution in [2.75, 3.05) is 31.3 Å². The van der Waals surface area contributed by atoms with E-state index >= 15 is 0 Å². The minimum absolute atomic E-state index is 0.00555. The first kappa shape index (κ1) is 35.2. The first-order chi connectivity index (χ1) is 21.5. The highest BCUT2D eigenvalue weighted by molar-refractivity contribution is 7.17. The van der Waals surface area contributed by atoms with Gasteiger partial charge in [0.05, 0.1) is 32.4 Å². The molecule has 3 heterocycles. The van der Waals surface area contributed by atoms with Gasteiger partial charge in [0.2, 0.25) is 0 Å². The van der Waals surface area contributed by atoms with Gasteiger partial charge in [0.1, 0.15) is 5.82 Å². The Balaban J connectivity index is 0.000000871. The van der Waals surface area contributed by atoms with Crippen LogP contribution in [-0.4, -0.2) is 54.3 Å². The smallest absolute Gasteiger partial charge is 0.284 e. The Morgan fingerprint density at radius 3 is 2.36 bits per heavy atom. The third-order valence-electron chi connectivity index (χ3n) is 8.97. The van der Waals surface area contributed by atoms with E-state index in [4.69, 9.17) is 20.5 Å². The Morgan fingerprint density at radius 1 is 1.20 bits per heavy atom. The van der Waals surface area contributed by atoms with Crippen LogP contribution in [0, 0.1) is 22.7 Å². The van der Waals surface area contributed by atoms with Gasteiger partial charge in [0.15, 0.2) is 0 Å². The van der Waals surface area contributed by atoms with Crippen LogP contribution in [0.5, 0.6) is 0 Å². The molecule has 4 aliphatic rings. The number of fused-ring (bicyclic) bond motifs is 1. The van der Waals surface area contributed by atoms with Gasteiger partial charge >= 0.3 is 0 Å². The lowest BCUT2D eigenvalue weighted by atomic mass is 9.81. The number of rotatable bonds is 11. The molecule has 1 aromatic heterocycles. The van der Waals surface area contributed by atoms with Crippen molar-refractivity contribution in [1.29, 1.82) is 10.8 Å². The predicted octanol–water partition coefficient (Wildman–Crippen LogP) is 6.92. The van der Waals surface area contributed by atoms with E-state index in [1.54, 1.807) is 29.2 Å². The average Bonchev–Trinajstić information content (AvgIpc) is 3.76. The Kier molecular flexibility index (Phi) is 12.0. The van der Waals surface area contributed by atoms with Crippen molar-refractivity contribution in [2.45, 2.75) is 89.9 Å². The molecular formula is C34H48F2N5O3P. The fourth-order valence-corrected chi connectivity index (χ4v) is 6.45. The van der Waals surface area contributed by atoms with Crippen LogP contribution in [-0.2, 0) is 16.9 Å². The van der Waals surface area contributed by atoms with Gasteiger partial charge in [0, 0.05) is 40.3 Å². The summed E-state index contributed by atoms with van der Waals surface area (Å²) in [5, 5.41) is 28.0. The number of aliphatic hydroxyl groups excluding tert-OH is 1. The third-order valence-corrected chi connectivity index (χ3v) is 9.28. The molecule has 6 rings (SSSR count). The molecule has 1 aromatic carbocycles. The maximum Gasteiger partial charge on any atom is 0.284 e. The summed E-state index contributed by atoms with van der Waals surface area (Å²) in [6.45, 7) is 9.07. The van der Waals surface area contributed by atoms with Gasteiger partial charge in [-0.25, -0.2) is 4.98 Å². The normalized spacial score (nSPS) is 19.2. The van der Waals surface area contributed by atoms with Crippen molar-refractivity contribution in [1.82, 2.24) is 10.3 Å². The minimum atomic E-state index is -3.24. The zero-order chi connectivity index (χ0) is 32.9. The molecule has 246 valence electrons. The molecule has 3 unspecified atom stereocenters.